The molecular weight excluding hydrogens is 260 g/mol. The van der Waals surface area contributed by atoms with Crippen LogP contribution in [0.5, 0.6) is 23.0 Å². The van der Waals surface area contributed by atoms with Gasteiger partial charge in [0.15, 0.2) is 0 Å². The van der Waals surface area contributed by atoms with Gasteiger partial charge in [-0.2, -0.15) is 10.5 Å². The number of rotatable bonds is 0. The molecule has 0 heterocycles. The molecule has 6 nitrogen and oxygen atoms in total. The quantitative estimate of drug-likeness (QED) is 0.579. The normalized spacial score (nSPS) is 8.70. The molecule has 2 aromatic carbocycles. The topological polar surface area (TPSA) is 128 Å². The molecule has 0 spiro atoms. The first kappa shape index (κ1) is 14.7. The van der Waals surface area contributed by atoms with Crippen LogP contribution in [0, 0.1) is 22.7 Å². The molecule has 0 saturated carbocycles. The van der Waals surface area contributed by atoms with E-state index in [9.17, 15) is 0 Å². The molecule has 2 rings (SSSR count). The van der Waals surface area contributed by atoms with Crippen molar-refractivity contribution in [2.75, 3.05) is 0 Å². The Morgan fingerprint density at radius 1 is 0.600 bits per heavy atom. The first-order valence-corrected chi connectivity index (χ1v) is 5.33. The minimum atomic E-state index is -0.192. The summed E-state index contributed by atoms with van der Waals surface area (Å²) in [5.41, 5.74) is -0.162. The zero-order chi connectivity index (χ0) is 15.1. The molecule has 0 unspecified atom stereocenters. The Hall–Kier alpha value is -3.38. The molecule has 6 heteroatoms. The number of nitriles is 2. The van der Waals surface area contributed by atoms with Gasteiger partial charge in [0.2, 0.25) is 0 Å². The Morgan fingerprint density at radius 3 is 1.00 bits per heavy atom. The number of benzene rings is 2. The fraction of sp³-hybridized carbons (Fsp3) is 0. The van der Waals surface area contributed by atoms with E-state index in [1.807, 2.05) is 0 Å². The highest BCUT2D eigenvalue weighted by Crippen LogP contribution is 2.24. The van der Waals surface area contributed by atoms with Crippen LogP contribution >= 0.6 is 0 Å². The van der Waals surface area contributed by atoms with Crippen LogP contribution in [0.4, 0.5) is 0 Å². The van der Waals surface area contributed by atoms with E-state index in [0.29, 0.717) is 0 Å². The summed E-state index contributed by atoms with van der Waals surface area (Å²) in [4.78, 5) is 0. The second-order valence-corrected chi connectivity index (χ2v) is 3.57. The molecule has 0 aromatic heterocycles. The Morgan fingerprint density at radius 2 is 0.850 bits per heavy atom. The monoisotopic (exact) mass is 270 g/mol. The number of nitrogens with zero attached hydrogens (tertiary/aromatic N) is 2. The van der Waals surface area contributed by atoms with Gasteiger partial charge in [0.1, 0.15) is 46.3 Å². The standard InChI is InChI=1S/2C7H5NO2/c2*8-4-5-6(9)2-1-3-7(5)10/h2*1-3,9-10H. The molecule has 20 heavy (non-hydrogen) atoms. The van der Waals surface area contributed by atoms with Crippen LogP contribution in [0.25, 0.3) is 0 Å². The summed E-state index contributed by atoms with van der Waals surface area (Å²) in [5, 5.41) is 52.3. The second-order valence-electron chi connectivity index (χ2n) is 3.57. The zero-order valence-electron chi connectivity index (χ0n) is 10.1. The van der Waals surface area contributed by atoms with Crippen molar-refractivity contribution in [2.24, 2.45) is 0 Å². The Labute approximate surface area is 114 Å². The lowest BCUT2D eigenvalue weighted by atomic mass is 10.2. The number of phenolic OH excluding ortho intramolecular Hbond substituents is 4. The van der Waals surface area contributed by atoms with Crippen LogP contribution in [0.2, 0.25) is 0 Å². The molecular formula is C14H10N2O4. The molecule has 100 valence electrons. The molecule has 4 N–H and O–H groups in total. The van der Waals surface area contributed by atoms with Crippen LogP contribution < -0.4 is 0 Å². The molecule has 0 fully saturated rings. The molecule has 0 saturated heterocycles. The molecule has 0 aliphatic heterocycles. The second kappa shape index (κ2) is 6.53. The third-order valence-electron chi connectivity index (χ3n) is 2.26. The lowest BCUT2D eigenvalue weighted by Crippen LogP contribution is -1.75. The number of aromatic hydroxyl groups is 4. The molecule has 2 aromatic rings. The van der Waals surface area contributed by atoms with Crippen LogP contribution in [0.1, 0.15) is 11.1 Å². The van der Waals surface area contributed by atoms with E-state index in [0.717, 1.165) is 0 Å². The highest BCUT2D eigenvalue weighted by molar-refractivity contribution is 5.51. The summed E-state index contributed by atoms with van der Waals surface area (Å²) in [6, 6.07) is 11.6. The third-order valence-corrected chi connectivity index (χ3v) is 2.26. The Balaban J connectivity index is 0.000000200. The van der Waals surface area contributed by atoms with Crippen molar-refractivity contribution in [3.63, 3.8) is 0 Å². The summed E-state index contributed by atoms with van der Waals surface area (Å²) in [5.74, 6) is -0.769. The lowest BCUT2D eigenvalue weighted by Gasteiger charge is -1.95. The maximum atomic E-state index is 8.91. The van der Waals surface area contributed by atoms with Gasteiger partial charge in [0.25, 0.3) is 0 Å². The van der Waals surface area contributed by atoms with Gasteiger partial charge in [-0.25, -0.2) is 0 Å². The first-order valence-electron chi connectivity index (χ1n) is 5.33. The van der Waals surface area contributed by atoms with Gasteiger partial charge in [-0.05, 0) is 24.3 Å². The van der Waals surface area contributed by atoms with Gasteiger partial charge in [-0.3, -0.25) is 0 Å². The van der Waals surface area contributed by atoms with Crippen LogP contribution in [-0.2, 0) is 0 Å². The van der Waals surface area contributed by atoms with Crippen LogP contribution in [-0.4, -0.2) is 20.4 Å². The molecule has 0 amide bonds. The highest BCUT2D eigenvalue weighted by atomic mass is 16.3. The summed E-state index contributed by atoms with van der Waals surface area (Å²) >= 11 is 0. The summed E-state index contributed by atoms with van der Waals surface area (Å²) in [7, 11) is 0. The van der Waals surface area contributed by atoms with E-state index in [4.69, 9.17) is 30.9 Å². The van der Waals surface area contributed by atoms with Crippen molar-refractivity contribution in [1.82, 2.24) is 0 Å². The summed E-state index contributed by atoms with van der Waals surface area (Å²) in [6.45, 7) is 0. The average Bonchev–Trinajstić information content (AvgIpc) is 2.40. The fourth-order valence-electron chi connectivity index (χ4n) is 1.29. The Kier molecular flexibility index (Phi) is 4.79. The SMILES string of the molecule is N#Cc1c(O)cccc1O.N#Cc1c(O)cccc1O. The van der Waals surface area contributed by atoms with Gasteiger partial charge in [-0.1, -0.05) is 12.1 Å². The van der Waals surface area contributed by atoms with Gasteiger partial charge in [0, 0.05) is 0 Å². The van der Waals surface area contributed by atoms with Crippen molar-refractivity contribution < 1.29 is 20.4 Å². The highest BCUT2D eigenvalue weighted by Gasteiger charge is 2.03. The van der Waals surface area contributed by atoms with Crippen molar-refractivity contribution >= 4 is 0 Å². The van der Waals surface area contributed by atoms with E-state index in [1.54, 1.807) is 12.1 Å². The van der Waals surface area contributed by atoms with Gasteiger partial charge >= 0.3 is 0 Å². The largest absolute Gasteiger partial charge is 0.506 e. The average molecular weight is 270 g/mol. The van der Waals surface area contributed by atoms with E-state index in [1.165, 1.54) is 36.4 Å². The lowest BCUT2D eigenvalue weighted by molar-refractivity contribution is 0.446. The Bertz CT molecular complexity index is 597. The number of hydrogen-bond donors (Lipinski definition) is 4. The molecule has 0 atom stereocenters. The van der Waals surface area contributed by atoms with Crippen molar-refractivity contribution in [3.8, 4) is 35.1 Å². The molecule has 0 aliphatic rings. The summed E-state index contributed by atoms with van der Waals surface area (Å²) in [6.07, 6.45) is 0. The fourth-order valence-corrected chi connectivity index (χ4v) is 1.29. The summed E-state index contributed by atoms with van der Waals surface area (Å²) < 4.78 is 0. The van der Waals surface area contributed by atoms with Gasteiger partial charge in [-0.15, -0.1) is 0 Å². The van der Waals surface area contributed by atoms with E-state index < -0.39 is 0 Å². The van der Waals surface area contributed by atoms with Gasteiger partial charge in [0.05, 0.1) is 0 Å². The minimum absolute atomic E-state index is 0.0810. The van der Waals surface area contributed by atoms with E-state index >= 15 is 0 Å². The third kappa shape index (κ3) is 3.31. The number of hydrogen-bond acceptors (Lipinski definition) is 6. The molecule has 0 bridgehead atoms. The van der Waals surface area contributed by atoms with Gasteiger partial charge < -0.3 is 20.4 Å². The van der Waals surface area contributed by atoms with Crippen LogP contribution in [0.3, 0.4) is 0 Å². The maximum Gasteiger partial charge on any atom is 0.137 e. The molecule has 0 aliphatic carbocycles. The smallest absolute Gasteiger partial charge is 0.137 e. The van der Waals surface area contributed by atoms with Crippen molar-refractivity contribution in [3.05, 3.63) is 47.5 Å². The van der Waals surface area contributed by atoms with Crippen molar-refractivity contribution in [1.29, 1.82) is 10.5 Å². The maximum absolute atomic E-state index is 8.91. The number of phenols is 4. The van der Waals surface area contributed by atoms with E-state index in [2.05, 4.69) is 0 Å². The zero-order valence-corrected chi connectivity index (χ0v) is 10.1. The van der Waals surface area contributed by atoms with Crippen molar-refractivity contribution in [2.45, 2.75) is 0 Å². The van der Waals surface area contributed by atoms with E-state index in [-0.39, 0.29) is 34.1 Å². The van der Waals surface area contributed by atoms with Crippen LogP contribution in [0.15, 0.2) is 36.4 Å². The predicted molar refractivity (Wildman–Crippen MR) is 69.0 cm³/mol. The first-order chi connectivity index (χ1) is 9.51. The molecule has 0 radical (unpaired) electrons. The predicted octanol–water partition coefficient (Wildman–Crippen LogP) is 1.94. The minimum Gasteiger partial charge on any atom is -0.506 e.